The van der Waals surface area contributed by atoms with Gasteiger partial charge in [-0.2, -0.15) is 0 Å². The number of hydrogen-bond donors (Lipinski definition) is 3. The number of amides is 1. The van der Waals surface area contributed by atoms with Crippen molar-refractivity contribution in [2.24, 2.45) is 5.73 Å². The van der Waals surface area contributed by atoms with Crippen molar-refractivity contribution >= 4 is 28.8 Å². The van der Waals surface area contributed by atoms with Gasteiger partial charge in [0.15, 0.2) is 0 Å². The van der Waals surface area contributed by atoms with E-state index in [1.807, 2.05) is 42.2 Å². The summed E-state index contributed by atoms with van der Waals surface area (Å²) in [6.07, 6.45) is 0. The van der Waals surface area contributed by atoms with Crippen molar-refractivity contribution in [3.05, 3.63) is 65.7 Å². The Balaban J connectivity index is 2.07. The van der Waals surface area contributed by atoms with Crippen LogP contribution in [0.1, 0.15) is 18.1 Å². The number of hydrogen-bond acceptors (Lipinski definition) is 4. The van der Waals surface area contributed by atoms with E-state index in [1.54, 1.807) is 24.3 Å². The average molecular weight is 357 g/mol. The van der Waals surface area contributed by atoms with Gasteiger partial charge in [0.2, 0.25) is 5.91 Å². The fraction of sp³-hybridized carbons (Fsp3) is 0.263. The van der Waals surface area contributed by atoms with E-state index in [0.29, 0.717) is 24.3 Å². The monoisotopic (exact) mass is 357 g/mol. The Hall–Kier alpha value is -2.28. The Labute approximate surface area is 153 Å². The fourth-order valence-corrected chi connectivity index (χ4v) is 2.65. The van der Waals surface area contributed by atoms with Crippen LogP contribution in [0.2, 0.25) is 0 Å². The van der Waals surface area contributed by atoms with Crippen LogP contribution in [0.4, 0.5) is 5.69 Å². The lowest BCUT2D eigenvalue weighted by molar-refractivity contribution is -0.121. The van der Waals surface area contributed by atoms with Gasteiger partial charge in [-0.05, 0) is 24.6 Å². The van der Waals surface area contributed by atoms with E-state index in [0.717, 1.165) is 5.56 Å². The maximum Gasteiger partial charge on any atom is 0.241 e. The van der Waals surface area contributed by atoms with Gasteiger partial charge in [0.25, 0.3) is 0 Å². The molecule has 4 N–H and O–H groups in total. The highest BCUT2D eigenvalue weighted by molar-refractivity contribution is 7.80. The van der Waals surface area contributed by atoms with Crippen LogP contribution in [0, 0.1) is 0 Å². The molecule has 0 aromatic heterocycles. The second kappa shape index (κ2) is 9.27. The molecule has 0 aliphatic carbocycles. The number of carbonyl (C=O) groups excluding carboxylic acids is 1. The van der Waals surface area contributed by atoms with Gasteiger partial charge in [-0.1, -0.05) is 54.7 Å². The Morgan fingerprint density at radius 1 is 1.24 bits per heavy atom. The van der Waals surface area contributed by atoms with Crippen molar-refractivity contribution in [1.82, 2.24) is 4.90 Å². The molecule has 0 fully saturated rings. The largest absolute Gasteiger partial charge is 0.395 e. The number of aliphatic hydroxyl groups is 1. The minimum Gasteiger partial charge on any atom is -0.395 e. The van der Waals surface area contributed by atoms with Gasteiger partial charge in [0.1, 0.15) is 4.99 Å². The second-order valence-corrected chi connectivity index (χ2v) is 6.23. The Kier molecular flexibility index (Phi) is 7.06. The summed E-state index contributed by atoms with van der Waals surface area (Å²) in [5.41, 5.74) is 8.07. The molecule has 0 bridgehead atoms. The Bertz CT molecular complexity index is 722. The van der Waals surface area contributed by atoms with Gasteiger partial charge in [-0.3, -0.25) is 9.69 Å². The second-order valence-electron chi connectivity index (χ2n) is 5.79. The van der Waals surface area contributed by atoms with E-state index in [9.17, 15) is 9.90 Å². The molecule has 1 amide bonds. The molecule has 2 aromatic rings. The van der Waals surface area contributed by atoms with Crippen LogP contribution < -0.4 is 11.1 Å². The third-order valence-electron chi connectivity index (χ3n) is 3.96. The van der Waals surface area contributed by atoms with Gasteiger partial charge >= 0.3 is 0 Å². The number of benzene rings is 2. The van der Waals surface area contributed by atoms with Crippen LogP contribution in [-0.2, 0) is 11.3 Å². The first-order chi connectivity index (χ1) is 12.0. The zero-order chi connectivity index (χ0) is 18.2. The lowest BCUT2D eigenvalue weighted by atomic mass is 10.1. The highest BCUT2D eigenvalue weighted by atomic mass is 32.1. The van der Waals surface area contributed by atoms with Gasteiger partial charge in [0.05, 0.1) is 12.6 Å². The smallest absolute Gasteiger partial charge is 0.241 e. The van der Waals surface area contributed by atoms with E-state index >= 15 is 0 Å². The molecule has 0 heterocycles. The molecule has 1 unspecified atom stereocenters. The number of nitrogens with two attached hydrogens (primary N) is 1. The third-order valence-corrected chi connectivity index (χ3v) is 4.19. The minimum atomic E-state index is -0.402. The molecule has 1 atom stereocenters. The molecule has 0 aliphatic heterocycles. The number of nitrogens with one attached hydrogen (secondary N) is 1. The number of anilines is 1. The molecule has 2 rings (SSSR count). The van der Waals surface area contributed by atoms with Crippen molar-refractivity contribution in [3.63, 3.8) is 0 Å². The quantitative estimate of drug-likeness (QED) is 0.631. The minimum absolute atomic E-state index is 0.0125. The number of rotatable bonds is 8. The van der Waals surface area contributed by atoms with Crippen molar-refractivity contribution < 1.29 is 9.90 Å². The zero-order valence-corrected chi connectivity index (χ0v) is 15.0. The van der Waals surface area contributed by atoms with Crippen LogP contribution in [0.3, 0.4) is 0 Å². The summed E-state index contributed by atoms with van der Waals surface area (Å²) in [5, 5.41) is 12.2. The predicted octanol–water partition coefficient (Wildman–Crippen LogP) is 2.14. The SMILES string of the molecule is CC(C(=O)Nc1cccc(C(N)=S)c1)N(CCO)Cc1ccccc1. The maximum absolute atomic E-state index is 12.6. The highest BCUT2D eigenvalue weighted by Crippen LogP contribution is 2.13. The van der Waals surface area contributed by atoms with E-state index in [2.05, 4.69) is 5.32 Å². The maximum atomic E-state index is 12.6. The molecule has 0 saturated heterocycles. The van der Waals surface area contributed by atoms with Gasteiger partial charge in [0, 0.05) is 24.3 Å². The van der Waals surface area contributed by atoms with E-state index in [4.69, 9.17) is 18.0 Å². The summed E-state index contributed by atoms with van der Waals surface area (Å²) >= 11 is 4.96. The Morgan fingerprint density at radius 2 is 1.96 bits per heavy atom. The van der Waals surface area contributed by atoms with Gasteiger partial charge in [-0.15, -0.1) is 0 Å². The standard InChI is InChI=1S/C19H23N3O2S/c1-14(22(10-11-23)13-15-6-3-2-4-7-15)19(24)21-17-9-5-8-16(12-17)18(20)25/h2-9,12,14,23H,10-11,13H2,1H3,(H2,20,25)(H,21,24). The number of carbonyl (C=O) groups is 1. The van der Waals surface area contributed by atoms with Crippen LogP contribution in [-0.4, -0.2) is 40.1 Å². The first-order valence-electron chi connectivity index (χ1n) is 8.11. The van der Waals surface area contributed by atoms with Crippen molar-refractivity contribution in [2.45, 2.75) is 19.5 Å². The molecule has 2 aromatic carbocycles. The zero-order valence-electron chi connectivity index (χ0n) is 14.2. The van der Waals surface area contributed by atoms with Crippen LogP contribution in [0.5, 0.6) is 0 Å². The van der Waals surface area contributed by atoms with Gasteiger partial charge < -0.3 is 16.2 Å². The first kappa shape index (κ1) is 19.1. The van der Waals surface area contributed by atoms with Crippen LogP contribution >= 0.6 is 12.2 Å². The summed E-state index contributed by atoms with van der Waals surface area (Å²) < 4.78 is 0. The highest BCUT2D eigenvalue weighted by Gasteiger charge is 2.21. The molecular weight excluding hydrogens is 334 g/mol. The van der Waals surface area contributed by atoms with Crippen LogP contribution in [0.15, 0.2) is 54.6 Å². The fourth-order valence-electron chi connectivity index (χ4n) is 2.52. The average Bonchev–Trinajstić information content (AvgIpc) is 2.61. The molecule has 132 valence electrons. The molecule has 5 nitrogen and oxygen atoms in total. The molecule has 6 heteroatoms. The molecule has 0 aliphatic rings. The molecule has 25 heavy (non-hydrogen) atoms. The summed E-state index contributed by atoms with van der Waals surface area (Å²) in [6.45, 7) is 2.81. The number of aliphatic hydroxyl groups excluding tert-OH is 1. The summed E-state index contributed by atoms with van der Waals surface area (Å²) in [7, 11) is 0. The van der Waals surface area contributed by atoms with Crippen molar-refractivity contribution in [3.8, 4) is 0 Å². The van der Waals surface area contributed by atoms with Gasteiger partial charge in [-0.25, -0.2) is 0 Å². The number of thiocarbonyl (C=S) groups is 1. The van der Waals surface area contributed by atoms with Crippen LogP contribution in [0.25, 0.3) is 0 Å². The topological polar surface area (TPSA) is 78.6 Å². The predicted molar refractivity (Wildman–Crippen MR) is 104 cm³/mol. The summed E-state index contributed by atoms with van der Waals surface area (Å²) in [6, 6.07) is 16.6. The Morgan fingerprint density at radius 3 is 2.60 bits per heavy atom. The number of nitrogens with zero attached hydrogens (tertiary/aromatic N) is 1. The normalized spacial score (nSPS) is 12.0. The molecular formula is C19H23N3O2S. The van der Waals surface area contributed by atoms with E-state index in [-0.39, 0.29) is 17.5 Å². The lowest BCUT2D eigenvalue weighted by Gasteiger charge is -2.27. The van der Waals surface area contributed by atoms with E-state index < -0.39 is 6.04 Å². The molecule has 0 radical (unpaired) electrons. The van der Waals surface area contributed by atoms with E-state index in [1.165, 1.54) is 0 Å². The third kappa shape index (κ3) is 5.63. The summed E-state index contributed by atoms with van der Waals surface area (Å²) in [5.74, 6) is -0.149. The first-order valence-corrected chi connectivity index (χ1v) is 8.51. The summed E-state index contributed by atoms with van der Waals surface area (Å²) in [4.78, 5) is 14.8. The van der Waals surface area contributed by atoms with Crippen molar-refractivity contribution in [1.29, 1.82) is 0 Å². The van der Waals surface area contributed by atoms with Crippen molar-refractivity contribution in [2.75, 3.05) is 18.5 Å². The lowest BCUT2D eigenvalue weighted by Crippen LogP contribution is -2.43. The molecule has 0 spiro atoms. The molecule has 0 saturated carbocycles.